The zero-order chi connectivity index (χ0) is 15.2. The highest BCUT2D eigenvalue weighted by molar-refractivity contribution is 5.35. The van der Waals surface area contributed by atoms with Gasteiger partial charge in [0.25, 0.3) is 0 Å². The molecule has 3 nitrogen and oxygen atoms in total. The van der Waals surface area contributed by atoms with Gasteiger partial charge >= 0.3 is 6.18 Å². The SMILES string of the molecule is Cc1cc(C(F)(F)F)ccc1C(N)C1CN2CCN1CC2. The van der Waals surface area contributed by atoms with Crippen molar-refractivity contribution >= 4 is 0 Å². The van der Waals surface area contributed by atoms with Crippen molar-refractivity contribution in [3.63, 3.8) is 0 Å². The second-order valence-electron chi connectivity index (χ2n) is 6.00. The van der Waals surface area contributed by atoms with Crippen LogP contribution in [-0.2, 0) is 6.18 Å². The van der Waals surface area contributed by atoms with Crippen LogP contribution in [0.15, 0.2) is 18.2 Å². The van der Waals surface area contributed by atoms with Gasteiger partial charge in [0.05, 0.1) is 5.56 Å². The molecule has 3 fully saturated rings. The van der Waals surface area contributed by atoms with Crippen LogP contribution in [0.1, 0.15) is 22.7 Å². The van der Waals surface area contributed by atoms with E-state index in [0.29, 0.717) is 5.56 Å². The Kier molecular flexibility index (Phi) is 3.71. The van der Waals surface area contributed by atoms with Crippen LogP contribution in [0.4, 0.5) is 13.2 Å². The Balaban J connectivity index is 1.83. The monoisotopic (exact) mass is 299 g/mol. The van der Waals surface area contributed by atoms with E-state index in [1.807, 2.05) is 0 Å². The third-order valence-corrected chi connectivity index (χ3v) is 4.69. The van der Waals surface area contributed by atoms with E-state index in [1.165, 1.54) is 6.07 Å². The fourth-order valence-corrected chi connectivity index (χ4v) is 3.43. The Morgan fingerprint density at radius 3 is 2.33 bits per heavy atom. The summed E-state index contributed by atoms with van der Waals surface area (Å²) in [4.78, 5) is 4.74. The molecule has 0 radical (unpaired) electrons. The summed E-state index contributed by atoms with van der Waals surface area (Å²) in [5.41, 5.74) is 7.20. The Morgan fingerprint density at radius 1 is 1.19 bits per heavy atom. The van der Waals surface area contributed by atoms with Crippen LogP contribution >= 0.6 is 0 Å². The van der Waals surface area contributed by atoms with Gasteiger partial charge in [-0.3, -0.25) is 9.80 Å². The van der Waals surface area contributed by atoms with Gasteiger partial charge < -0.3 is 5.73 Å². The molecule has 6 heteroatoms. The van der Waals surface area contributed by atoms with Crippen LogP contribution in [0.25, 0.3) is 0 Å². The lowest BCUT2D eigenvalue weighted by atomic mass is 9.91. The number of piperazine rings is 3. The number of alkyl halides is 3. The topological polar surface area (TPSA) is 32.5 Å². The maximum atomic E-state index is 12.7. The molecule has 3 saturated heterocycles. The molecule has 116 valence electrons. The van der Waals surface area contributed by atoms with Crippen molar-refractivity contribution in [2.45, 2.75) is 25.2 Å². The molecule has 3 aliphatic rings. The van der Waals surface area contributed by atoms with E-state index < -0.39 is 11.7 Å². The molecule has 3 aliphatic heterocycles. The molecule has 1 aromatic rings. The quantitative estimate of drug-likeness (QED) is 0.907. The van der Waals surface area contributed by atoms with E-state index in [0.717, 1.165) is 44.4 Å². The van der Waals surface area contributed by atoms with E-state index in [2.05, 4.69) is 9.80 Å². The number of benzene rings is 1. The lowest BCUT2D eigenvalue weighted by molar-refractivity contribution is -0.137. The molecule has 4 rings (SSSR count). The van der Waals surface area contributed by atoms with Gasteiger partial charge in [-0.05, 0) is 30.2 Å². The predicted octanol–water partition coefficient (Wildman–Crippen LogP) is 2.01. The zero-order valence-electron chi connectivity index (χ0n) is 12.0. The molecule has 0 spiro atoms. The molecule has 0 amide bonds. The minimum Gasteiger partial charge on any atom is -0.323 e. The maximum Gasteiger partial charge on any atom is 0.416 e. The van der Waals surface area contributed by atoms with Crippen LogP contribution in [-0.4, -0.2) is 48.6 Å². The molecular formula is C15H20F3N3. The lowest BCUT2D eigenvalue weighted by Crippen LogP contribution is -2.63. The number of nitrogens with zero attached hydrogens (tertiary/aromatic N) is 2. The third kappa shape index (κ3) is 2.80. The van der Waals surface area contributed by atoms with Gasteiger partial charge in [0.1, 0.15) is 0 Å². The van der Waals surface area contributed by atoms with Gasteiger partial charge in [-0.15, -0.1) is 0 Å². The summed E-state index contributed by atoms with van der Waals surface area (Å²) in [6, 6.07) is 3.84. The normalized spacial score (nSPS) is 30.4. The van der Waals surface area contributed by atoms with Crippen molar-refractivity contribution in [3.05, 3.63) is 34.9 Å². The van der Waals surface area contributed by atoms with Crippen molar-refractivity contribution in [2.75, 3.05) is 32.7 Å². The highest BCUT2D eigenvalue weighted by Crippen LogP contribution is 2.33. The van der Waals surface area contributed by atoms with E-state index in [1.54, 1.807) is 13.0 Å². The van der Waals surface area contributed by atoms with E-state index in [-0.39, 0.29) is 12.1 Å². The third-order valence-electron chi connectivity index (χ3n) is 4.69. The number of rotatable bonds is 2. The number of fused-ring (bicyclic) bond motifs is 3. The van der Waals surface area contributed by atoms with Gasteiger partial charge in [0.15, 0.2) is 0 Å². The molecule has 2 N–H and O–H groups in total. The molecule has 0 aliphatic carbocycles. The summed E-state index contributed by atoms with van der Waals surface area (Å²) in [7, 11) is 0. The number of hydrogen-bond donors (Lipinski definition) is 1. The first kappa shape index (κ1) is 14.8. The van der Waals surface area contributed by atoms with Gasteiger partial charge in [-0.2, -0.15) is 13.2 Å². The maximum absolute atomic E-state index is 12.7. The average Bonchev–Trinajstić information content (AvgIpc) is 2.46. The second-order valence-corrected chi connectivity index (χ2v) is 6.00. The second kappa shape index (κ2) is 5.26. The Labute approximate surface area is 122 Å². The van der Waals surface area contributed by atoms with Crippen molar-refractivity contribution in [1.29, 1.82) is 0 Å². The van der Waals surface area contributed by atoms with Gasteiger partial charge in [-0.25, -0.2) is 0 Å². The highest BCUT2D eigenvalue weighted by atomic mass is 19.4. The number of halogens is 3. The van der Waals surface area contributed by atoms with Gasteiger partial charge in [0.2, 0.25) is 0 Å². The van der Waals surface area contributed by atoms with Crippen molar-refractivity contribution in [3.8, 4) is 0 Å². The van der Waals surface area contributed by atoms with E-state index in [9.17, 15) is 13.2 Å². The summed E-state index contributed by atoms with van der Waals surface area (Å²) in [6.45, 7) is 6.74. The first-order valence-corrected chi connectivity index (χ1v) is 7.26. The number of nitrogens with two attached hydrogens (primary N) is 1. The zero-order valence-corrected chi connectivity index (χ0v) is 12.0. The highest BCUT2D eigenvalue weighted by Gasteiger charge is 2.37. The Hall–Kier alpha value is -1.11. The first-order valence-electron chi connectivity index (χ1n) is 7.26. The van der Waals surface area contributed by atoms with Crippen molar-refractivity contribution in [2.24, 2.45) is 5.73 Å². The van der Waals surface area contributed by atoms with Crippen molar-refractivity contribution < 1.29 is 13.2 Å². The van der Waals surface area contributed by atoms with Crippen molar-refractivity contribution in [1.82, 2.24) is 9.80 Å². The summed E-state index contributed by atoms with van der Waals surface area (Å²) < 4.78 is 38.2. The molecule has 1 aromatic carbocycles. The van der Waals surface area contributed by atoms with E-state index in [4.69, 9.17) is 5.73 Å². The van der Waals surface area contributed by atoms with E-state index >= 15 is 0 Å². The van der Waals surface area contributed by atoms with Crippen LogP contribution in [0.5, 0.6) is 0 Å². The minimum atomic E-state index is -4.30. The smallest absolute Gasteiger partial charge is 0.323 e. The summed E-state index contributed by atoms with van der Waals surface area (Å²) in [6.07, 6.45) is -4.30. The first-order chi connectivity index (χ1) is 9.86. The molecule has 2 atom stereocenters. The van der Waals surface area contributed by atoms with Crippen LogP contribution in [0, 0.1) is 6.92 Å². The predicted molar refractivity (Wildman–Crippen MR) is 74.9 cm³/mol. The summed E-state index contributed by atoms with van der Waals surface area (Å²) in [5.74, 6) is 0. The molecule has 21 heavy (non-hydrogen) atoms. The Bertz CT molecular complexity index is 521. The average molecular weight is 299 g/mol. The summed E-state index contributed by atoms with van der Waals surface area (Å²) in [5, 5.41) is 0. The minimum absolute atomic E-state index is 0.197. The molecular weight excluding hydrogens is 279 g/mol. The largest absolute Gasteiger partial charge is 0.416 e. The standard InChI is InChI=1S/C15H20F3N3/c1-10-8-11(15(16,17)18)2-3-12(10)14(19)13-9-20-4-6-21(13)7-5-20/h2-3,8,13-14H,4-7,9,19H2,1H3. The lowest BCUT2D eigenvalue weighted by Gasteiger charge is -2.49. The van der Waals surface area contributed by atoms with Gasteiger partial charge in [0, 0.05) is 44.8 Å². The molecule has 2 unspecified atom stereocenters. The molecule has 3 heterocycles. The number of hydrogen-bond acceptors (Lipinski definition) is 3. The fourth-order valence-electron chi connectivity index (χ4n) is 3.43. The molecule has 0 aromatic heterocycles. The fraction of sp³-hybridized carbons (Fsp3) is 0.600. The Morgan fingerprint density at radius 2 is 1.86 bits per heavy atom. The van der Waals surface area contributed by atoms with Crippen LogP contribution in [0.2, 0.25) is 0 Å². The number of aryl methyl sites for hydroxylation is 1. The summed E-state index contributed by atoms with van der Waals surface area (Å²) >= 11 is 0. The molecule has 0 saturated carbocycles. The van der Waals surface area contributed by atoms with Crippen LogP contribution < -0.4 is 5.73 Å². The van der Waals surface area contributed by atoms with Gasteiger partial charge in [-0.1, -0.05) is 6.07 Å². The van der Waals surface area contributed by atoms with Crippen LogP contribution in [0.3, 0.4) is 0 Å². The molecule has 2 bridgehead atoms.